The van der Waals surface area contributed by atoms with Crippen molar-refractivity contribution in [3.05, 3.63) is 20.8 Å². The van der Waals surface area contributed by atoms with Crippen LogP contribution in [0.25, 0.3) is 0 Å². The first-order chi connectivity index (χ1) is 9.43. The minimum atomic E-state index is -0.409. The first kappa shape index (κ1) is 15.5. The van der Waals surface area contributed by atoms with Crippen LogP contribution < -0.4 is 5.32 Å². The van der Waals surface area contributed by atoms with Crippen molar-refractivity contribution < 1.29 is 9.59 Å². The Labute approximate surface area is 131 Å². The number of rotatable bonds is 4. The molecule has 1 aromatic rings. The van der Waals surface area contributed by atoms with Crippen LogP contribution in [0, 0.1) is 5.92 Å². The van der Waals surface area contributed by atoms with Crippen LogP contribution in [-0.2, 0) is 16.1 Å². The van der Waals surface area contributed by atoms with Gasteiger partial charge in [-0.2, -0.15) is 0 Å². The topological polar surface area (TPSA) is 49.4 Å². The second-order valence-electron chi connectivity index (χ2n) is 5.35. The molecule has 2 atom stereocenters. The number of thiophene rings is 1. The van der Waals surface area contributed by atoms with E-state index in [1.807, 2.05) is 32.2 Å². The van der Waals surface area contributed by atoms with Gasteiger partial charge in [-0.3, -0.25) is 9.59 Å². The van der Waals surface area contributed by atoms with Crippen LogP contribution in [0.4, 0.5) is 0 Å². The number of carbonyl (C=O) groups excluding carboxylic acids is 2. The third-order valence-corrected chi connectivity index (χ3v) is 5.21. The van der Waals surface area contributed by atoms with E-state index in [1.165, 1.54) is 0 Å². The molecular weight excluding hydrogens is 340 g/mol. The van der Waals surface area contributed by atoms with Crippen molar-refractivity contribution in [1.82, 2.24) is 10.2 Å². The van der Waals surface area contributed by atoms with Gasteiger partial charge >= 0.3 is 0 Å². The summed E-state index contributed by atoms with van der Waals surface area (Å²) in [5.41, 5.74) is 0. The van der Waals surface area contributed by atoms with E-state index in [-0.39, 0.29) is 23.8 Å². The number of nitrogens with zero attached hydrogens (tertiary/aromatic N) is 1. The van der Waals surface area contributed by atoms with Gasteiger partial charge < -0.3 is 10.2 Å². The molecule has 0 radical (unpaired) electrons. The van der Waals surface area contributed by atoms with Gasteiger partial charge in [0.25, 0.3) is 0 Å². The maximum atomic E-state index is 12.6. The Kier molecular flexibility index (Phi) is 4.86. The molecule has 1 aromatic heterocycles. The SMILES string of the molecule is CCC1C(=O)NC(C(C)C)C(=O)N1Cc1cc(Br)cs1. The molecule has 2 heterocycles. The molecular formula is C14H19BrN2O2S. The standard InChI is InChI=1S/C14H19BrN2O2S/c1-4-11-13(18)16-12(8(2)3)14(19)17(11)6-10-5-9(15)7-20-10/h5,7-8,11-12H,4,6H2,1-3H3,(H,16,18). The molecule has 2 rings (SSSR count). The first-order valence-electron chi connectivity index (χ1n) is 6.77. The van der Waals surface area contributed by atoms with E-state index in [2.05, 4.69) is 21.2 Å². The minimum Gasteiger partial charge on any atom is -0.342 e. The number of nitrogens with one attached hydrogen (secondary N) is 1. The largest absolute Gasteiger partial charge is 0.342 e. The van der Waals surface area contributed by atoms with Crippen molar-refractivity contribution in [3.63, 3.8) is 0 Å². The Bertz CT molecular complexity index is 515. The van der Waals surface area contributed by atoms with Gasteiger partial charge in [0, 0.05) is 14.7 Å². The fourth-order valence-electron chi connectivity index (χ4n) is 2.44. The van der Waals surface area contributed by atoms with E-state index < -0.39 is 6.04 Å². The summed E-state index contributed by atoms with van der Waals surface area (Å²) >= 11 is 5.02. The number of hydrogen-bond acceptors (Lipinski definition) is 3. The molecule has 110 valence electrons. The van der Waals surface area contributed by atoms with E-state index in [1.54, 1.807) is 16.2 Å². The molecule has 0 bridgehead atoms. The molecule has 1 aliphatic heterocycles. The Morgan fingerprint density at radius 3 is 2.65 bits per heavy atom. The van der Waals surface area contributed by atoms with Crippen LogP contribution >= 0.6 is 27.3 Å². The zero-order chi connectivity index (χ0) is 14.9. The average Bonchev–Trinajstić information content (AvgIpc) is 2.79. The lowest BCUT2D eigenvalue weighted by Gasteiger charge is -2.39. The molecule has 20 heavy (non-hydrogen) atoms. The summed E-state index contributed by atoms with van der Waals surface area (Å²) in [5, 5.41) is 4.84. The molecule has 2 unspecified atom stereocenters. The van der Waals surface area contributed by atoms with Gasteiger partial charge in [0.1, 0.15) is 12.1 Å². The van der Waals surface area contributed by atoms with Crippen LogP contribution in [-0.4, -0.2) is 28.8 Å². The molecule has 1 fully saturated rings. The highest BCUT2D eigenvalue weighted by Crippen LogP contribution is 2.25. The zero-order valence-electron chi connectivity index (χ0n) is 11.9. The maximum Gasteiger partial charge on any atom is 0.246 e. The Morgan fingerprint density at radius 2 is 2.15 bits per heavy atom. The van der Waals surface area contributed by atoms with Crippen molar-refractivity contribution >= 4 is 39.1 Å². The number of piperazine rings is 1. The lowest BCUT2D eigenvalue weighted by Crippen LogP contribution is -2.64. The van der Waals surface area contributed by atoms with Crippen molar-refractivity contribution in [2.75, 3.05) is 0 Å². The lowest BCUT2D eigenvalue weighted by atomic mass is 9.97. The molecule has 0 saturated carbocycles. The molecule has 0 aromatic carbocycles. The summed E-state index contributed by atoms with van der Waals surface area (Å²) in [6.07, 6.45) is 0.634. The summed E-state index contributed by atoms with van der Waals surface area (Å²) in [7, 11) is 0. The summed E-state index contributed by atoms with van der Waals surface area (Å²) in [6, 6.07) is 1.23. The monoisotopic (exact) mass is 358 g/mol. The molecule has 0 aliphatic carbocycles. The highest BCUT2D eigenvalue weighted by Gasteiger charge is 2.40. The number of hydrogen-bond donors (Lipinski definition) is 1. The van der Waals surface area contributed by atoms with Crippen LogP contribution in [0.15, 0.2) is 15.9 Å². The fourth-order valence-corrected chi connectivity index (χ4v) is 3.88. The Hall–Kier alpha value is -0.880. The lowest BCUT2D eigenvalue weighted by molar-refractivity contribution is -0.151. The van der Waals surface area contributed by atoms with Crippen molar-refractivity contribution in [2.45, 2.75) is 45.8 Å². The van der Waals surface area contributed by atoms with E-state index >= 15 is 0 Å². The third kappa shape index (κ3) is 3.06. The zero-order valence-corrected chi connectivity index (χ0v) is 14.3. The molecule has 1 aliphatic rings. The summed E-state index contributed by atoms with van der Waals surface area (Å²) < 4.78 is 1.01. The summed E-state index contributed by atoms with van der Waals surface area (Å²) in [4.78, 5) is 27.6. The number of amides is 2. The van der Waals surface area contributed by atoms with Gasteiger partial charge in [-0.25, -0.2) is 0 Å². The fraction of sp³-hybridized carbons (Fsp3) is 0.571. The molecule has 4 nitrogen and oxygen atoms in total. The van der Waals surface area contributed by atoms with Gasteiger partial charge in [0.05, 0.1) is 6.54 Å². The second kappa shape index (κ2) is 6.26. The van der Waals surface area contributed by atoms with Crippen molar-refractivity contribution in [1.29, 1.82) is 0 Å². The molecule has 1 N–H and O–H groups in total. The molecule has 1 saturated heterocycles. The number of carbonyl (C=O) groups is 2. The van der Waals surface area contributed by atoms with E-state index in [0.29, 0.717) is 13.0 Å². The van der Waals surface area contributed by atoms with E-state index in [9.17, 15) is 9.59 Å². The van der Waals surface area contributed by atoms with Crippen molar-refractivity contribution in [3.8, 4) is 0 Å². The highest BCUT2D eigenvalue weighted by atomic mass is 79.9. The van der Waals surface area contributed by atoms with E-state index in [4.69, 9.17) is 0 Å². The summed E-state index contributed by atoms with van der Waals surface area (Å²) in [6.45, 7) is 6.35. The normalized spacial score (nSPS) is 23.4. The molecule has 2 amide bonds. The highest BCUT2D eigenvalue weighted by molar-refractivity contribution is 9.10. The maximum absolute atomic E-state index is 12.6. The van der Waals surface area contributed by atoms with Crippen LogP contribution in [0.2, 0.25) is 0 Å². The predicted molar refractivity (Wildman–Crippen MR) is 83.4 cm³/mol. The predicted octanol–water partition coefficient (Wildman–Crippen LogP) is 2.77. The summed E-state index contributed by atoms with van der Waals surface area (Å²) in [5.74, 6) is 0.0826. The first-order valence-corrected chi connectivity index (χ1v) is 8.45. The smallest absolute Gasteiger partial charge is 0.246 e. The molecule has 6 heteroatoms. The van der Waals surface area contributed by atoms with Gasteiger partial charge in [-0.15, -0.1) is 11.3 Å². The van der Waals surface area contributed by atoms with Gasteiger partial charge in [-0.05, 0) is 34.3 Å². The quantitative estimate of drug-likeness (QED) is 0.899. The second-order valence-corrected chi connectivity index (χ2v) is 7.26. The van der Waals surface area contributed by atoms with Gasteiger partial charge in [0.15, 0.2) is 0 Å². The number of halogens is 1. The average molecular weight is 359 g/mol. The Morgan fingerprint density at radius 1 is 1.45 bits per heavy atom. The van der Waals surface area contributed by atoms with Crippen LogP contribution in [0.3, 0.4) is 0 Å². The van der Waals surface area contributed by atoms with Crippen LogP contribution in [0.1, 0.15) is 32.1 Å². The van der Waals surface area contributed by atoms with Crippen molar-refractivity contribution in [2.24, 2.45) is 5.92 Å². The Balaban J connectivity index is 2.24. The van der Waals surface area contributed by atoms with Gasteiger partial charge in [0.2, 0.25) is 11.8 Å². The van der Waals surface area contributed by atoms with Crippen LogP contribution in [0.5, 0.6) is 0 Å². The minimum absolute atomic E-state index is 0.0240. The molecule has 0 spiro atoms. The third-order valence-electron chi connectivity index (χ3n) is 3.53. The van der Waals surface area contributed by atoms with Gasteiger partial charge in [-0.1, -0.05) is 20.8 Å². The van der Waals surface area contributed by atoms with E-state index in [0.717, 1.165) is 9.35 Å².